The van der Waals surface area contributed by atoms with Crippen LogP contribution < -0.4 is 4.90 Å². The zero-order chi connectivity index (χ0) is 27.8. The summed E-state index contributed by atoms with van der Waals surface area (Å²) in [4.78, 5) is 11.7. The maximum absolute atomic E-state index is 11.0. The molecule has 0 radical (unpaired) electrons. The van der Waals surface area contributed by atoms with Crippen LogP contribution in [0.3, 0.4) is 0 Å². The van der Waals surface area contributed by atoms with Crippen molar-refractivity contribution in [2.24, 2.45) is 0 Å². The van der Waals surface area contributed by atoms with E-state index in [4.69, 9.17) is 4.98 Å². The number of rotatable bonds is 5. The molecule has 5 rings (SSSR count). The Kier molecular flexibility index (Phi) is 8.61. The Morgan fingerprint density at radius 1 is 0.675 bits per heavy atom. The van der Waals surface area contributed by atoms with Crippen LogP contribution in [0, 0.1) is 47.6 Å². The van der Waals surface area contributed by atoms with Gasteiger partial charge < -0.3 is 15.0 Å². The minimum Gasteiger partial charge on any atom is -0.507 e. The molecule has 0 amide bonds. The van der Waals surface area contributed by atoms with E-state index in [0.29, 0.717) is 0 Å². The van der Waals surface area contributed by atoms with Crippen LogP contribution in [0.4, 0.5) is 11.5 Å². The molecule has 2 aromatic heterocycles. The van der Waals surface area contributed by atoms with Crippen molar-refractivity contribution in [1.29, 1.82) is 0 Å². The van der Waals surface area contributed by atoms with E-state index in [-0.39, 0.29) is 26.8 Å². The normalized spacial score (nSPS) is 10.8. The van der Waals surface area contributed by atoms with Gasteiger partial charge in [-0.25, -0.2) is 4.98 Å². The Hall–Kier alpha value is -3.75. The van der Waals surface area contributed by atoms with Crippen LogP contribution in [0.15, 0.2) is 72.9 Å². The molecule has 0 saturated heterocycles. The number of aryl methyl sites for hydroxylation is 6. The Labute approximate surface area is 252 Å². The molecular formula is C35H34N3OPt-. The van der Waals surface area contributed by atoms with Crippen molar-refractivity contribution in [2.75, 3.05) is 11.9 Å². The summed E-state index contributed by atoms with van der Waals surface area (Å²) in [6.45, 7) is 12.4. The minimum atomic E-state index is 0. The Bertz CT molecular complexity index is 1690. The number of aromatic nitrogens is 2. The maximum atomic E-state index is 11.0. The van der Waals surface area contributed by atoms with Crippen molar-refractivity contribution >= 4 is 11.5 Å². The fourth-order valence-electron chi connectivity index (χ4n) is 5.11. The third-order valence-electron chi connectivity index (χ3n) is 6.98. The monoisotopic (exact) mass is 707 g/mol. The first kappa shape index (κ1) is 29.2. The number of anilines is 2. The van der Waals surface area contributed by atoms with Gasteiger partial charge in [0.1, 0.15) is 11.6 Å². The van der Waals surface area contributed by atoms with E-state index >= 15 is 0 Å². The van der Waals surface area contributed by atoms with Crippen LogP contribution in [0.2, 0.25) is 0 Å². The number of nitrogens with zero attached hydrogens (tertiary/aromatic N) is 3. The van der Waals surface area contributed by atoms with Gasteiger partial charge in [-0.1, -0.05) is 53.9 Å². The average molecular weight is 708 g/mol. The van der Waals surface area contributed by atoms with Gasteiger partial charge in [-0.05, 0) is 92.5 Å². The maximum Gasteiger partial charge on any atom is 0.132 e. The number of pyridine rings is 2. The molecule has 0 aliphatic heterocycles. The first-order valence-corrected chi connectivity index (χ1v) is 13.2. The van der Waals surface area contributed by atoms with Gasteiger partial charge in [0, 0.05) is 39.9 Å². The molecule has 4 nitrogen and oxygen atoms in total. The van der Waals surface area contributed by atoms with Gasteiger partial charge in [-0.15, -0.1) is 29.3 Å². The number of hydrogen-bond donors (Lipinski definition) is 1. The van der Waals surface area contributed by atoms with Gasteiger partial charge in [0.15, 0.2) is 0 Å². The van der Waals surface area contributed by atoms with Gasteiger partial charge in [0.25, 0.3) is 0 Å². The van der Waals surface area contributed by atoms with E-state index in [1.165, 1.54) is 11.1 Å². The fraction of sp³-hybridized carbons (Fsp3) is 0.200. The molecule has 5 aromatic rings. The third kappa shape index (κ3) is 6.18. The van der Waals surface area contributed by atoms with Crippen molar-refractivity contribution in [2.45, 2.75) is 41.5 Å². The number of phenols is 1. The second kappa shape index (κ2) is 11.8. The number of phenolic OH excluding ortho intramolecular Hbond substituents is 1. The van der Waals surface area contributed by atoms with E-state index < -0.39 is 0 Å². The SMILES string of the molecule is Cc1cc(-c2cc(C)ccn2)[c-]c(N(C)c2cc(-c3cc(C)cc(C)c3)cc(-c3cc(C)cc(C)c3O)n2)c1.[Pt]. The van der Waals surface area contributed by atoms with Crippen molar-refractivity contribution in [1.82, 2.24) is 9.97 Å². The Balaban J connectivity index is 0.00000370. The van der Waals surface area contributed by atoms with Gasteiger partial charge in [0.05, 0.1) is 5.69 Å². The standard InChI is InChI=1S/C35H34N3O.Pt/c1-21-8-9-36-32(17-21)29-14-25(5)15-30(18-29)38(7)34-20-28(27-12-22(2)10-23(3)13-27)19-33(37-34)31-16-24(4)11-26(6)35(31)39;/h8-17,19-20,39H,1-7H3;/q-1;. The summed E-state index contributed by atoms with van der Waals surface area (Å²) in [5.74, 6) is 1.03. The molecule has 0 unspecified atom stereocenters. The molecule has 3 aromatic carbocycles. The van der Waals surface area contributed by atoms with E-state index in [9.17, 15) is 5.11 Å². The molecular weight excluding hydrogens is 673 g/mol. The van der Waals surface area contributed by atoms with Crippen molar-refractivity contribution in [3.63, 3.8) is 0 Å². The zero-order valence-electron chi connectivity index (χ0n) is 24.0. The first-order chi connectivity index (χ1) is 18.6. The van der Waals surface area contributed by atoms with Crippen LogP contribution in [0.25, 0.3) is 33.6 Å². The summed E-state index contributed by atoms with van der Waals surface area (Å²) in [7, 11) is 2.01. The second-order valence-electron chi connectivity index (χ2n) is 10.7. The molecule has 0 aliphatic carbocycles. The van der Waals surface area contributed by atoms with E-state index in [2.05, 4.69) is 92.2 Å². The molecule has 206 valence electrons. The molecule has 5 heteroatoms. The quantitative estimate of drug-likeness (QED) is 0.186. The zero-order valence-corrected chi connectivity index (χ0v) is 26.3. The van der Waals surface area contributed by atoms with Crippen LogP contribution in [-0.2, 0) is 21.1 Å². The van der Waals surface area contributed by atoms with Crippen molar-refractivity contribution in [3.05, 3.63) is 112 Å². The van der Waals surface area contributed by atoms with E-state index in [1.807, 2.05) is 45.3 Å². The molecule has 0 bridgehead atoms. The van der Waals surface area contributed by atoms with Gasteiger partial charge in [-0.3, -0.25) is 0 Å². The number of hydrogen-bond acceptors (Lipinski definition) is 4. The average Bonchev–Trinajstić information content (AvgIpc) is 2.89. The predicted molar refractivity (Wildman–Crippen MR) is 162 cm³/mol. The van der Waals surface area contributed by atoms with Crippen molar-refractivity contribution in [3.8, 4) is 39.4 Å². The topological polar surface area (TPSA) is 49.2 Å². The van der Waals surface area contributed by atoms with Gasteiger partial charge in [-0.2, -0.15) is 0 Å². The van der Waals surface area contributed by atoms with Crippen LogP contribution >= 0.6 is 0 Å². The summed E-state index contributed by atoms with van der Waals surface area (Å²) >= 11 is 0. The molecule has 0 saturated carbocycles. The van der Waals surface area contributed by atoms with E-state index in [0.717, 1.165) is 67.4 Å². The minimum absolute atomic E-state index is 0. The van der Waals surface area contributed by atoms with Crippen LogP contribution in [0.1, 0.15) is 33.4 Å². The molecule has 0 spiro atoms. The first-order valence-electron chi connectivity index (χ1n) is 13.2. The molecule has 0 fully saturated rings. The Morgan fingerprint density at radius 3 is 2.02 bits per heavy atom. The Morgan fingerprint density at radius 2 is 1.32 bits per heavy atom. The van der Waals surface area contributed by atoms with E-state index in [1.54, 1.807) is 0 Å². The summed E-state index contributed by atoms with van der Waals surface area (Å²) in [6, 6.07) is 26.6. The predicted octanol–water partition coefficient (Wildman–Crippen LogP) is 8.60. The number of benzene rings is 3. The van der Waals surface area contributed by atoms with Crippen LogP contribution in [-0.4, -0.2) is 22.1 Å². The fourth-order valence-corrected chi connectivity index (χ4v) is 5.11. The second-order valence-corrected chi connectivity index (χ2v) is 10.7. The molecule has 2 heterocycles. The molecule has 1 N–H and O–H groups in total. The smallest absolute Gasteiger partial charge is 0.132 e. The summed E-state index contributed by atoms with van der Waals surface area (Å²) in [5.41, 5.74) is 12.9. The van der Waals surface area contributed by atoms with Gasteiger partial charge in [0.2, 0.25) is 0 Å². The summed E-state index contributed by atoms with van der Waals surface area (Å²) in [6.07, 6.45) is 1.84. The van der Waals surface area contributed by atoms with Crippen molar-refractivity contribution < 1.29 is 26.2 Å². The number of aromatic hydroxyl groups is 1. The van der Waals surface area contributed by atoms with Crippen LogP contribution in [0.5, 0.6) is 5.75 Å². The molecule has 0 aliphatic rings. The summed E-state index contributed by atoms with van der Waals surface area (Å²) < 4.78 is 0. The molecule has 0 atom stereocenters. The molecule has 40 heavy (non-hydrogen) atoms. The summed E-state index contributed by atoms with van der Waals surface area (Å²) in [5, 5.41) is 11.0. The van der Waals surface area contributed by atoms with Gasteiger partial charge >= 0.3 is 0 Å². The third-order valence-corrected chi connectivity index (χ3v) is 6.98. The largest absolute Gasteiger partial charge is 0.507 e.